The average molecular weight is 269 g/mol. The molecule has 1 heterocycles. The first-order chi connectivity index (χ1) is 8.63. The number of carbonyl (C=O) groups is 1. The Morgan fingerprint density at radius 1 is 1.56 bits per heavy atom. The van der Waals surface area contributed by atoms with Gasteiger partial charge in [-0.25, -0.2) is 4.79 Å². The summed E-state index contributed by atoms with van der Waals surface area (Å²) >= 11 is 6.15. The second-order valence-corrected chi connectivity index (χ2v) is 4.20. The van der Waals surface area contributed by atoms with E-state index in [0.717, 1.165) is 5.52 Å². The van der Waals surface area contributed by atoms with Crippen molar-refractivity contribution >= 4 is 34.3 Å². The molecule has 1 amide bonds. The SMILES string of the molecule is COCCn1cc(Cl)c2c(NC(=O)O)cccc21. The summed E-state index contributed by atoms with van der Waals surface area (Å²) < 4.78 is 6.96. The zero-order chi connectivity index (χ0) is 13.1. The van der Waals surface area contributed by atoms with Crippen molar-refractivity contribution < 1.29 is 14.6 Å². The van der Waals surface area contributed by atoms with E-state index in [9.17, 15) is 4.79 Å². The first kappa shape index (κ1) is 12.7. The monoisotopic (exact) mass is 268 g/mol. The lowest BCUT2D eigenvalue weighted by atomic mass is 10.2. The zero-order valence-electron chi connectivity index (χ0n) is 9.81. The Labute approximate surface area is 109 Å². The molecule has 1 aromatic heterocycles. The molecular weight excluding hydrogens is 256 g/mol. The molecular formula is C12H13ClN2O3. The maximum Gasteiger partial charge on any atom is 0.409 e. The van der Waals surface area contributed by atoms with Crippen LogP contribution >= 0.6 is 11.6 Å². The van der Waals surface area contributed by atoms with Gasteiger partial charge in [-0.3, -0.25) is 5.32 Å². The largest absolute Gasteiger partial charge is 0.465 e. The third-order valence-corrected chi connectivity index (χ3v) is 2.92. The van der Waals surface area contributed by atoms with Gasteiger partial charge in [0, 0.05) is 25.2 Å². The van der Waals surface area contributed by atoms with E-state index in [0.29, 0.717) is 29.2 Å². The number of hydrogen-bond acceptors (Lipinski definition) is 2. The molecule has 0 fully saturated rings. The molecule has 5 nitrogen and oxygen atoms in total. The number of rotatable bonds is 4. The highest BCUT2D eigenvalue weighted by Crippen LogP contribution is 2.32. The number of anilines is 1. The van der Waals surface area contributed by atoms with Gasteiger partial charge in [-0.1, -0.05) is 17.7 Å². The van der Waals surface area contributed by atoms with Crippen LogP contribution in [0.3, 0.4) is 0 Å². The van der Waals surface area contributed by atoms with Crippen LogP contribution in [0.25, 0.3) is 10.9 Å². The molecule has 0 aliphatic rings. The highest BCUT2D eigenvalue weighted by atomic mass is 35.5. The number of ether oxygens (including phenoxy) is 1. The first-order valence-corrected chi connectivity index (χ1v) is 5.77. The summed E-state index contributed by atoms with van der Waals surface area (Å²) in [7, 11) is 1.63. The third-order valence-electron chi connectivity index (χ3n) is 2.64. The van der Waals surface area contributed by atoms with Crippen molar-refractivity contribution in [1.29, 1.82) is 0 Å². The number of hydrogen-bond donors (Lipinski definition) is 2. The van der Waals surface area contributed by atoms with Crippen molar-refractivity contribution in [3.05, 3.63) is 29.4 Å². The maximum absolute atomic E-state index is 10.7. The maximum atomic E-state index is 10.7. The zero-order valence-corrected chi connectivity index (χ0v) is 10.6. The molecule has 6 heteroatoms. The number of fused-ring (bicyclic) bond motifs is 1. The molecule has 0 unspecified atom stereocenters. The van der Waals surface area contributed by atoms with Gasteiger partial charge in [0.2, 0.25) is 0 Å². The molecule has 0 atom stereocenters. The van der Waals surface area contributed by atoms with E-state index in [1.165, 1.54) is 0 Å². The summed E-state index contributed by atoms with van der Waals surface area (Å²) in [6.07, 6.45) is 0.668. The lowest BCUT2D eigenvalue weighted by molar-refractivity contribution is 0.188. The highest BCUT2D eigenvalue weighted by Gasteiger charge is 2.12. The Morgan fingerprint density at radius 2 is 2.33 bits per heavy atom. The molecule has 1 aromatic carbocycles. The number of methoxy groups -OCH3 is 1. The van der Waals surface area contributed by atoms with Crippen molar-refractivity contribution in [2.75, 3.05) is 19.0 Å². The van der Waals surface area contributed by atoms with Gasteiger partial charge in [0.05, 0.1) is 22.8 Å². The fourth-order valence-corrected chi connectivity index (χ4v) is 2.21. The van der Waals surface area contributed by atoms with Crippen LogP contribution in [0.1, 0.15) is 0 Å². The number of carboxylic acid groups (broad SMARTS) is 1. The van der Waals surface area contributed by atoms with Crippen molar-refractivity contribution in [3.8, 4) is 0 Å². The van der Waals surface area contributed by atoms with E-state index in [1.807, 2.05) is 10.6 Å². The molecule has 96 valence electrons. The van der Waals surface area contributed by atoms with Gasteiger partial charge in [0.25, 0.3) is 0 Å². The molecule has 0 aliphatic carbocycles. The molecule has 0 spiro atoms. The number of amides is 1. The van der Waals surface area contributed by atoms with Crippen molar-refractivity contribution in [2.24, 2.45) is 0 Å². The van der Waals surface area contributed by atoms with E-state index < -0.39 is 6.09 Å². The van der Waals surface area contributed by atoms with Gasteiger partial charge in [0.1, 0.15) is 0 Å². The minimum Gasteiger partial charge on any atom is -0.465 e. The summed E-state index contributed by atoms with van der Waals surface area (Å²) in [6, 6.07) is 5.36. The molecule has 2 rings (SSSR count). The van der Waals surface area contributed by atoms with E-state index in [-0.39, 0.29) is 0 Å². The normalized spacial score (nSPS) is 10.8. The Morgan fingerprint density at radius 3 is 3.00 bits per heavy atom. The minimum atomic E-state index is -1.11. The van der Waals surface area contributed by atoms with Crippen LogP contribution in [-0.2, 0) is 11.3 Å². The van der Waals surface area contributed by atoms with Gasteiger partial charge >= 0.3 is 6.09 Å². The van der Waals surface area contributed by atoms with Gasteiger partial charge in [0.15, 0.2) is 0 Å². The van der Waals surface area contributed by atoms with Gasteiger partial charge in [-0.2, -0.15) is 0 Å². The molecule has 18 heavy (non-hydrogen) atoms. The summed E-state index contributed by atoms with van der Waals surface area (Å²) in [5.74, 6) is 0. The first-order valence-electron chi connectivity index (χ1n) is 5.39. The molecule has 0 bridgehead atoms. The fourth-order valence-electron chi connectivity index (χ4n) is 1.90. The van der Waals surface area contributed by atoms with Crippen LogP contribution < -0.4 is 5.32 Å². The summed E-state index contributed by atoms with van der Waals surface area (Å²) in [5.41, 5.74) is 1.37. The summed E-state index contributed by atoms with van der Waals surface area (Å²) in [4.78, 5) is 10.7. The van der Waals surface area contributed by atoms with Gasteiger partial charge < -0.3 is 14.4 Å². The molecule has 2 aromatic rings. The number of aromatic nitrogens is 1. The Balaban J connectivity index is 2.49. The molecule has 2 N–H and O–H groups in total. The van der Waals surface area contributed by atoms with Crippen LogP contribution in [0.2, 0.25) is 5.02 Å². The third kappa shape index (κ3) is 2.42. The lowest BCUT2D eigenvalue weighted by Gasteiger charge is -2.06. The van der Waals surface area contributed by atoms with E-state index in [2.05, 4.69) is 5.32 Å². The molecule has 0 saturated heterocycles. The quantitative estimate of drug-likeness (QED) is 0.896. The van der Waals surface area contributed by atoms with Crippen LogP contribution in [0.4, 0.5) is 10.5 Å². The van der Waals surface area contributed by atoms with Crippen LogP contribution in [-0.4, -0.2) is 29.5 Å². The van der Waals surface area contributed by atoms with Crippen LogP contribution in [0.5, 0.6) is 0 Å². The van der Waals surface area contributed by atoms with Crippen LogP contribution in [0.15, 0.2) is 24.4 Å². The Bertz CT molecular complexity index is 580. The van der Waals surface area contributed by atoms with Crippen molar-refractivity contribution in [2.45, 2.75) is 6.54 Å². The smallest absolute Gasteiger partial charge is 0.409 e. The second-order valence-electron chi connectivity index (χ2n) is 3.79. The fraction of sp³-hybridized carbons (Fsp3) is 0.250. The minimum absolute atomic E-state index is 0.487. The topological polar surface area (TPSA) is 63.5 Å². The average Bonchev–Trinajstić information content (AvgIpc) is 2.64. The van der Waals surface area contributed by atoms with Gasteiger partial charge in [-0.15, -0.1) is 0 Å². The molecule has 0 aliphatic heterocycles. The number of nitrogens with one attached hydrogen (secondary N) is 1. The Kier molecular flexibility index (Phi) is 3.74. The predicted molar refractivity (Wildman–Crippen MR) is 70.5 cm³/mol. The molecule has 0 radical (unpaired) electrons. The molecule has 0 saturated carbocycles. The standard InChI is InChI=1S/C12H13ClN2O3/c1-18-6-5-15-7-8(13)11-9(14-12(16)17)3-2-4-10(11)15/h2-4,7,14H,5-6H2,1H3,(H,16,17). The van der Waals surface area contributed by atoms with Gasteiger partial charge in [-0.05, 0) is 12.1 Å². The van der Waals surface area contributed by atoms with E-state index >= 15 is 0 Å². The highest BCUT2D eigenvalue weighted by molar-refractivity contribution is 6.37. The number of nitrogens with zero attached hydrogens (tertiary/aromatic N) is 1. The van der Waals surface area contributed by atoms with Crippen molar-refractivity contribution in [1.82, 2.24) is 4.57 Å². The number of benzene rings is 1. The van der Waals surface area contributed by atoms with Crippen LogP contribution in [0, 0.1) is 0 Å². The predicted octanol–water partition coefficient (Wildman–Crippen LogP) is 3.03. The lowest BCUT2D eigenvalue weighted by Crippen LogP contribution is -2.07. The van der Waals surface area contributed by atoms with E-state index in [4.69, 9.17) is 21.4 Å². The number of halogens is 1. The van der Waals surface area contributed by atoms with E-state index in [1.54, 1.807) is 25.4 Å². The summed E-state index contributed by atoms with van der Waals surface area (Å²) in [6.45, 7) is 1.23. The summed E-state index contributed by atoms with van der Waals surface area (Å²) in [5, 5.41) is 12.4. The second kappa shape index (κ2) is 5.29. The van der Waals surface area contributed by atoms with Crippen molar-refractivity contribution in [3.63, 3.8) is 0 Å². The Hall–Kier alpha value is -1.72.